The Kier molecular flexibility index (Phi) is 4.11. The Bertz CT molecular complexity index is 967. The quantitative estimate of drug-likeness (QED) is 0.313. The molecule has 3 aromatic carbocycles. The summed E-state index contributed by atoms with van der Waals surface area (Å²) < 4.78 is 7.24. The number of nitrogens with zero attached hydrogens (tertiary/aromatic N) is 1. The summed E-state index contributed by atoms with van der Waals surface area (Å²) in [6, 6.07) is 14.5. The number of nitrogens with two attached hydrogens (primary N) is 1. The molecule has 3 N–H and O–H groups in total. The zero-order chi connectivity index (χ0) is 17.6. The van der Waals surface area contributed by atoms with Crippen LogP contribution in [0.1, 0.15) is 13.8 Å². The van der Waals surface area contributed by atoms with Gasteiger partial charge in [-0.15, -0.1) is 0 Å². The van der Waals surface area contributed by atoms with Crippen molar-refractivity contribution in [2.24, 2.45) is 0 Å². The van der Waals surface area contributed by atoms with Gasteiger partial charge < -0.3 is 20.7 Å². The van der Waals surface area contributed by atoms with Gasteiger partial charge in [0.2, 0.25) is 0 Å². The monoisotopic (exact) mass is 445 g/mol. The first-order chi connectivity index (χ1) is 12.1. The van der Waals surface area contributed by atoms with Gasteiger partial charge in [0.1, 0.15) is 0 Å². The lowest BCUT2D eigenvalue weighted by atomic mass is 10.0. The first kappa shape index (κ1) is 16.3. The molecule has 1 aliphatic heterocycles. The molecular weight excluding hydrogens is 425 g/mol. The summed E-state index contributed by atoms with van der Waals surface area (Å²) in [4.78, 5) is 2.30. The standard InChI is InChI=1S/C20H20IN3O/c1-3-24(4-2)12-9-10-15-16(11-12)25-20-17(21)18(22)13-7-5-6-8-14(13)19(20)23-15/h5-11,23H,3-4,22H2,1-2H3. The molecule has 0 saturated carbocycles. The second-order valence-corrected chi connectivity index (χ2v) is 7.14. The molecule has 0 fully saturated rings. The lowest BCUT2D eigenvalue weighted by Crippen LogP contribution is -2.21. The van der Waals surface area contributed by atoms with E-state index in [1.54, 1.807) is 0 Å². The largest absolute Gasteiger partial charge is 0.452 e. The zero-order valence-electron chi connectivity index (χ0n) is 14.3. The van der Waals surface area contributed by atoms with Crippen molar-refractivity contribution < 1.29 is 4.74 Å². The van der Waals surface area contributed by atoms with E-state index < -0.39 is 0 Å². The van der Waals surface area contributed by atoms with Crippen LogP contribution in [0.15, 0.2) is 42.5 Å². The minimum absolute atomic E-state index is 0.764. The van der Waals surface area contributed by atoms with Gasteiger partial charge in [-0.3, -0.25) is 0 Å². The van der Waals surface area contributed by atoms with Gasteiger partial charge in [0.25, 0.3) is 0 Å². The number of hydrogen-bond donors (Lipinski definition) is 2. The van der Waals surface area contributed by atoms with Crippen LogP contribution in [-0.4, -0.2) is 13.1 Å². The molecule has 0 aromatic heterocycles. The highest BCUT2D eigenvalue weighted by Crippen LogP contribution is 2.50. The molecule has 1 aliphatic rings. The minimum Gasteiger partial charge on any atom is -0.452 e. The normalized spacial score (nSPS) is 12.1. The van der Waals surface area contributed by atoms with Crippen LogP contribution in [0.3, 0.4) is 0 Å². The van der Waals surface area contributed by atoms with Crippen molar-refractivity contribution in [2.75, 3.05) is 29.0 Å². The summed E-state index contributed by atoms with van der Waals surface area (Å²) in [6.45, 7) is 6.25. The van der Waals surface area contributed by atoms with E-state index in [0.29, 0.717) is 0 Å². The summed E-state index contributed by atoms with van der Waals surface area (Å²) in [5, 5.41) is 5.67. The number of benzene rings is 3. The molecule has 0 radical (unpaired) electrons. The van der Waals surface area contributed by atoms with E-state index in [1.807, 2.05) is 18.2 Å². The molecule has 0 unspecified atom stereocenters. The Morgan fingerprint density at radius 2 is 1.80 bits per heavy atom. The van der Waals surface area contributed by atoms with Gasteiger partial charge >= 0.3 is 0 Å². The summed E-state index contributed by atoms with van der Waals surface area (Å²) in [7, 11) is 0. The number of anilines is 4. The summed E-state index contributed by atoms with van der Waals surface area (Å²) in [5.41, 5.74) is 10.3. The fraction of sp³-hybridized carbons (Fsp3) is 0.200. The van der Waals surface area contributed by atoms with Crippen LogP contribution in [0.4, 0.5) is 22.7 Å². The molecule has 0 spiro atoms. The third-order valence-electron chi connectivity index (χ3n) is 4.71. The molecule has 0 aliphatic carbocycles. The van der Waals surface area contributed by atoms with Crippen molar-refractivity contribution in [3.8, 4) is 11.5 Å². The van der Waals surface area contributed by atoms with Crippen LogP contribution in [-0.2, 0) is 0 Å². The van der Waals surface area contributed by atoms with Crippen molar-refractivity contribution in [3.05, 3.63) is 46.0 Å². The number of hydrogen-bond acceptors (Lipinski definition) is 4. The second kappa shape index (κ2) is 6.29. The van der Waals surface area contributed by atoms with Gasteiger partial charge in [-0.1, -0.05) is 24.3 Å². The maximum Gasteiger partial charge on any atom is 0.167 e. The van der Waals surface area contributed by atoms with Crippen molar-refractivity contribution in [2.45, 2.75) is 13.8 Å². The number of nitrogens with one attached hydrogen (secondary N) is 1. The SMILES string of the molecule is CCN(CC)c1ccc2c(c1)Oc1c(I)c(N)c3ccccc3c1N2. The van der Waals surface area contributed by atoms with E-state index in [2.05, 4.69) is 70.9 Å². The minimum atomic E-state index is 0.764. The van der Waals surface area contributed by atoms with E-state index in [4.69, 9.17) is 10.5 Å². The molecular formula is C20H20IN3O. The van der Waals surface area contributed by atoms with Crippen LogP contribution in [0, 0.1) is 3.57 Å². The van der Waals surface area contributed by atoms with Crippen molar-refractivity contribution in [1.29, 1.82) is 0 Å². The topological polar surface area (TPSA) is 50.5 Å². The van der Waals surface area contributed by atoms with Crippen LogP contribution < -0.4 is 20.7 Å². The van der Waals surface area contributed by atoms with Crippen molar-refractivity contribution in [1.82, 2.24) is 0 Å². The van der Waals surface area contributed by atoms with Gasteiger partial charge in [-0.25, -0.2) is 0 Å². The Labute approximate surface area is 161 Å². The number of fused-ring (bicyclic) bond motifs is 4. The summed E-state index contributed by atoms with van der Waals surface area (Å²) >= 11 is 2.27. The van der Waals surface area contributed by atoms with Gasteiger partial charge in [0, 0.05) is 35.6 Å². The van der Waals surface area contributed by atoms with Gasteiger partial charge in [-0.05, 0) is 48.6 Å². The fourth-order valence-corrected chi connectivity index (χ4v) is 4.03. The van der Waals surface area contributed by atoms with E-state index in [1.165, 1.54) is 0 Å². The first-order valence-corrected chi connectivity index (χ1v) is 9.55. The van der Waals surface area contributed by atoms with Crippen molar-refractivity contribution >= 4 is 56.1 Å². The number of nitrogen functional groups attached to an aromatic ring is 1. The van der Waals surface area contributed by atoms with E-state index in [-0.39, 0.29) is 0 Å². The highest BCUT2D eigenvalue weighted by Gasteiger charge is 2.24. The number of ether oxygens (including phenoxy) is 1. The Balaban J connectivity index is 1.86. The molecule has 25 heavy (non-hydrogen) atoms. The Morgan fingerprint density at radius 3 is 2.52 bits per heavy atom. The molecule has 0 bridgehead atoms. The lowest BCUT2D eigenvalue weighted by Gasteiger charge is -2.28. The highest BCUT2D eigenvalue weighted by atomic mass is 127. The number of rotatable bonds is 3. The highest BCUT2D eigenvalue weighted by molar-refractivity contribution is 14.1. The van der Waals surface area contributed by atoms with Gasteiger partial charge in [-0.2, -0.15) is 0 Å². The molecule has 0 atom stereocenters. The first-order valence-electron chi connectivity index (χ1n) is 8.47. The van der Waals surface area contributed by atoms with Gasteiger partial charge in [0.05, 0.1) is 20.6 Å². The molecule has 4 rings (SSSR count). The van der Waals surface area contributed by atoms with Crippen LogP contribution in [0.2, 0.25) is 0 Å². The van der Waals surface area contributed by atoms with E-state index in [9.17, 15) is 0 Å². The molecule has 5 heteroatoms. The van der Waals surface area contributed by atoms with Crippen LogP contribution in [0.25, 0.3) is 10.8 Å². The molecule has 1 heterocycles. The van der Waals surface area contributed by atoms with Gasteiger partial charge in [0.15, 0.2) is 11.5 Å². The van der Waals surface area contributed by atoms with Crippen LogP contribution in [0.5, 0.6) is 11.5 Å². The Hall–Kier alpha value is -2.15. The van der Waals surface area contributed by atoms with Crippen molar-refractivity contribution in [3.63, 3.8) is 0 Å². The second-order valence-electron chi connectivity index (χ2n) is 6.06. The Morgan fingerprint density at radius 1 is 1.08 bits per heavy atom. The van der Waals surface area contributed by atoms with E-state index >= 15 is 0 Å². The third kappa shape index (κ3) is 2.57. The fourth-order valence-electron chi connectivity index (χ4n) is 3.36. The third-order valence-corrected chi connectivity index (χ3v) is 5.79. The smallest absolute Gasteiger partial charge is 0.167 e. The maximum atomic E-state index is 6.36. The summed E-state index contributed by atoms with van der Waals surface area (Å²) in [6.07, 6.45) is 0. The molecule has 3 aromatic rings. The zero-order valence-corrected chi connectivity index (χ0v) is 16.4. The molecule has 0 amide bonds. The maximum absolute atomic E-state index is 6.36. The predicted octanol–water partition coefficient (Wildman–Crippen LogP) is 5.72. The van der Waals surface area contributed by atoms with E-state index in [0.717, 1.165) is 61.7 Å². The summed E-state index contributed by atoms with van der Waals surface area (Å²) in [5.74, 6) is 1.64. The lowest BCUT2D eigenvalue weighted by molar-refractivity contribution is 0.479. The van der Waals surface area contributed by atoms with Crippen LogP contribution >= 0.6 is 22.6 Å². The average molecular weight is 445 g/mol. The predicted molar refractivity (Wildman–Crippen MR) is 114 cm³/mol. The average Bonchev–Trinajstić information content (AvgIpc) is 2.66. The number of halogens is 1. The molecule has 4 nitrogen and oxygen atoms in total. The molecule has 0 saturated heterocycles. The molecule has 128 valence electrons.